The highest BCUT2D eigenvalue weighted by molar-refractivity contribution is 5.96. The Morgan fingerprint density at radius 1 is 1.10 bits per heavy atom. The molecule has 5 heterocycles. The van der Waals surface area contributed by atoms with Crippen LogP contribution in [0, 0.1) is 12.9 Å². The fourth-order valence-electron chi connectivity index (χ4n) is 6.33. The summed E-state index contributed by atoms with van der Waals surface area (Å²) in [6, 6.07) is 12.7. The van der Waals surface area contributed by atoms with Crippen molar-refractivity contribution in [2.45, 2.75) is 56.9 Å². The predicted octanol–water partition coefficient (Wildman–Crippen LogP) is 4.05. The molecule has 0 aliphatic carbocycles. The van der Waals surface area contributed by atoms with E-state index in [0.29, 0.717) is 79.4 Å². The summed E-state index contributed by atoms with van der Waals surface area (Å²) in [7, 11) is 3.19. The van der Waals surface area contributed by atoms with Gasteiger partial charge in [-0.1, -0.05) is 18.2 Å². The number of hydrogen-bond acceptors (Lipinski definition) is 8. The van der Waals surface area contributed by atoms with Crippen LogP contribution >= 0.6 is 0 Å². The van der Waals surface area contributed by atoms with E-state index in [1.54, 1.807) is 37.2 Å². The Hall–Kier alpha value is -4.92. The van der Waals surface area contributed by atoms with Gasteiger partial charge >= 0.3 is 6.03 Å². The van der Waals surface area contributed by atoms with E-state index in [1.807, 2.05) is 37.3 Å². The number of methoxy groups -OCH3 is 1. The van der Waals surface area contributed by atoms with Crippen LogP contribution in [-0.2, 0) is 21.3 Å². The minimum atomic E-state index is -0.637. The number of para-hydroxylation sites is 1. The molecule has 4 aromatic rings. The number of benzene rings is 1. The molecule has 2 fully saturated rings. The Morgan fingerprint density at radius 3 is 2.61 bits per heavy atom. The number of aryl methyl sites for hydroxylation is 1. The zero-order valence-corrected chi connectivity index (χ0v) is 27.6. The number of nitrogens with one attached hydrogen (secondary N) is 3. The van der Waals surface area contributed by atoms with Crippen molar-refractivity contribution in [1.82, 2.24) is 30.0 Å². The molecule has 0 radical (unpaired) electrons. The lowest BCUT2D eigenvalue weighted by Crippen LogP contribution is -2.41. The van der Waals surface area contributed by atoms with Crippen LogP contribution in [0.25, 0.3) is 16.9 Å². The first-order valence-electron chi connectivity index (χ1n) is 16.3. The second kappa shape index (κ2) is 15.1. The summed E-state index contributed by atoms with van der Waals surface area (Å²) in [6.45, 7) is 3.39. The highest BCUT2D eigenvalue weighted by Gasteiger charge is 2.37. The lowest BCUT2D eigenvalue weighted by atomic mass is 10.0. The van der Waals surface area contributed by atoms with E-state index >= 15 is 0 Å². The Kier molecular flexibility index (Phi) is 10.5. The summed E-state index contributed by atoms with van der Waals surface area (Å²) in [5.74, 6) is -0.706. The molecule has 0 spiro atoms. The van der Waals surface area contributed by atoms with Crippen molar-refractivity contribution < 1.29 is 28.2 Å². The number of hydrogen-bond donors (Lipinski definition) is 3. The third-order valence-electron chi connectivity index (χ3n) is 8.87. The number of pyridine rings is 2. The molecule has 3 amide bonds. The SMILES string of the molecule is COCC[C@@H]1C[C@@H](NC(=O)Nc2c(C)c(-c3cc(C(=O)NC4CCOCC4)c(=O)n(C)c3)nn2-c2ccccc2)[C@H](c2ccnc(F)c2)O1. The number of carbonyl (C=O) groups excluding carboxylic acids is 2. The molecular formula is C35H40FN7O6. The molecule has 2 saturated heterocycles. The van der Waals surface area contributed by atoms with Crippen LogP contribution in [0.1, 0.15) is 53.3 Å². The average molecular weight is 674 g/mol. The molecule has 1 aromatic carbocycles. The van der Waals surface area contributed by atoms with Gasteiger partial charge in [-0.15, -0.1) is 0 Å². The summed E-state index contributed by atoms with van der Waals surface area (Å²) < 4.78 is 33.9. The smallest absolute Gasteiger partial charge is 0.320 e. The standard InChI is InChI=1S/C35H40FN7O6/c1-21-30(23-17-27(34(45)42(2)20-23)33(44)38-24-10-15-48-16-11-24)41-43(25-7-5-4-6-8-25)32(21)40-35(46)39-28-19-26(12-14-47-3)49-31(28)22-9-13-37-29(36)18-22/h4-9,13,17-18,20,24,26,28,31H,10-12,14-16,19H2,1-3H3,(H,38,44)(H2,39,40,46)/t26-,28-,31+/m1/s1. The number of anilines is 1. The normalized spacial score (nSPS) is 19.5. The number of ether oxygens (including phenoxy) is 3. The topological polar surface area (TPSA) is 151 Å². The van der Waals surface area contributed by atoms with E-state index < -0.39 is 35.6 Å². The molecule has 3 aromatic heterocycles. The van der Waals surface area contributed by atoms with Crippen LogP contribution in [0.5, 0.6) is 0 Å². The second-order valence-corrected chi connectivity index (χ2v) is 12.3. The van der Waals surface area contributed by atoms with E-state index in [-0.39, 0.29) is 17.7 Å². The van der Waals surface area contributed by atoms with Crippen molar-refractivity contribution in [3.63, 3.8) is 0 Å². The quantitative estimate of drug-likeness (QED) is 0.214. The number of halogens is 1. The molecule has 49 heavy (non-hydrogen) atoms. The summed E-state index contributed by atoms with van der Waals surface area (Å²) in [4.78, 5) is 43.7. The van der Waals surface area contributed by atoms with Gasteiger partial charge in [0.25, 0.3) is 11.5 Å². The predicted molar refractivity (Wildman–Crippen MR) is 179 cm³/mol. The number of nitrogens with zero attached hydrogens (tertiary/aromatic N) is 4. The van der Waals surface area contributed by atoms with Crippen molar-refractivity contribution in [2.24, 2.45) is 7.05 Å². The Labute approximate surface area is 282 Å². The number of carbonyl (C=O) groups is 2. The molecule has 2 aliphatic heterocycles. The first kappa shape index (κ1) is 34.0. The van der Waals surface area contributed by atoms with Crippen LogP contribution in [0.4, 0.5) is 15.0 Å². The monoisotopic (exact) mass is 673 g/mol. The molecule has 13 nitrogen and oxygen atoms in total. The number of amides is 3. The van der Waals surface area contributed by atoms with Gasteiger partial charge in [-0.3, -0.25) is 14.9 Å². The third kappa shape index (κ3) is 7.71. The van der Waals surface area contributed by atoms with Gasteiger partial charge in [0.05, 0.1) is 23.5 Å². The van der Waals surface area contributed by atoms with E-state index in [4.69, 9.17) is 19.3 Å². The minimum absolute atomic E-state index is 0.00439. The molecular weight excluding hydrogens is 633 g/mol. The van der Waals surface area contributed by atoms with Crippen molar-refractivity contribution >= 4 is 17.8 Å². The van der Waals surface area contributed by atoms with E-state index in [1.165, 1.54) is 16.8 Å². The van der Waals surface area contributed by atoms with Crippen molar-refractivity contribution in [1.29, 1.82) is 0 Å². The molecule has 0 unspecified atom stereocenters. The number of urea groups is 1. The Bertz CT molecular complexity index is 1860. The van der Waals surface area contributed by atoms with Gasteiger partial charge < -0.3 is 29.4 Å². The fraction of sp³-hybridized carbons (Fsp3) is 0.400. The molecule has 0 bridgehead atoms. The lowest BCUT2D eigenvalue weighted by Gasteiger charge is -2.23. The summed E-state index contributed by atoms with van der Waals surface area (Å²) in [5, 5.41) is 13.8. The fourth-order valence-corrected chi connectivity index (χ4v) is 6.33. The van der Waals surface area contributed by atoms with Gasteiger partial charge in [-0.05, 0) is 68.5 Å². The van der Waals surface area contributed by atoms with Crippen molar-refractivity contribution in [3.05, 3.63) is 93.9 Å². The van der Waals surface area contributed by atoms with Gasteiger partial charge in [-0.25, -0.2) is 14.5 Å². The maximum Gasteiger partial charge on any atom is 0.320 e. The van der Waals surface area contributed by atoms with Crippen molar-refractivity contribution in [2.75, 3.05) is 32.2 Å². The first-order chi connectivity index (χ1) is 23.7. The summed E-state index contributed by atoms with van der Waals surface area (Å²) in [6.07, 6.45) is 4.62. The van der Waals surface area contributed by atoms with E-state index in [2.05, 4.69) is 20.9 Å². The van der Waals surface area contributed by atoms with Crippen molar-refractivity contribution in [3.8, 4) is 16.9 Å². The minimum Gasteiger partial charge on any atom is -0.385 e. The number of aromatic nitrogens is 4. The van der Waals surface area contributed by atoms with Crippen LogP contribution in [0.3, 0.4) is 0 Å². The molecule has 0 saturated carbocycles. The maximum absolute atomic E-state index is 14.1. The van der Waals surface area contributed by atoms with Gasteiger partial charge in [0.1, 0.15) is 17.5 Å². The summed E-state index contributed by atoms with van der Waals surface area (Å²) >= 11 is 0. The molecule has 2 aliphatic rings. The third-order valence-corrected chi connectivity index (χ3v) is 8.87. The van der Waals surface area contributed by atoms with Gasteiger partial charge in [-0.2, -0.15) is 9.49 Å². The Balaban J connectivity index is 1.30. The van der Waals surface area contributed by atoms with E-state index in [0.717, 1.165) is 0 Å². The second-order valence-electron chi connectivity index (χ2n) is 12.3. The van der Waals surface area contributed by atoms with Gasteiger partial charge in [0, 0.05) is 63.5 Å². The lowest BCUT2D eigenvalue weighted by molar-refractivity contribution is 0.0210. The van der Waals surface area contributed by atoms with Crippen LogP contribution < -0.4 is 21.5 Å². The molecule has 3 atom stereocenters. The zero-order chi connectivity index (χ0) is 34.5. The molecule has 14 heteroatoms. The van der Waals surface area contributed by atoms with E-state index in [9.17, 15) is 18.8 Å². The van der Waals surface area contributed by atoms with Gasteiger partial charge in [0.2, 0.25) is 5.95 Å². The van der Waals surface area contributed by atoms with Crippen LogP contribution in [0.2, 0.25) is 0 Å². The zero-order valence-electron chi connectivity index (χ0n) is 27.6. The van der Waals surface area contributed by atoms with Crippen LogP contribution in [0.15, 0.2) is 65.7 Å². The van der Waals surface area contributed by atoms with Crippen LogP contribution in [-0.4, -0.2) is 76.4 Å². The van der Waals surface area contributed by atoms with Gasteiger partial charge in [0.15, 0.2) is 0 Å². The highest BCUT2D eigenvalue weighted by Crippen LogP contribution is 2.35. The number of rotatable bonds is 10. The maximum atomic E-state index is 14.1. The highest BCUT2D eigenvalue weighted by atomic mass is 19.1. The summed E-state index contributed by atoms with van der Waals surface area (Å²) in [5.41, 5.74) is 2.43. The molecule has 3 N–H and O–H groups in total. The Morgan fingerprint density at radius 2 is 1.88 bits per heavy atom. The first-order valence-corrected chi connectivity index (χ1v) is 16.3. The average Bonchev–Trinajstić information content (AvgIpc) is 3.65. The molecule has 258 valence electrons. The molecule has 6 rings (SSSR count). The largest absolute Gasteiger partial charge is 0.385 e.